The molecule has 6 heteroatoms. The third-order valence-corrected chi connectivity index (χ3v) is 1.41. The Labute approximate surface area is 81.8 Å². The van der Waals surface area contributed by atoms with Crippen molar-refractivity contribution in [3.63, 3.8) is 0 Å². The molecule has 0 aliphatic heterocycles. The minimum absolute atomic E-state index is 0.266. The fraction of sp³-hybridized carbons (Fsp3) is 0.375. The zero-order valence-corrected chi connectivity index (χ0v) is 8.34. The SMILES string of the molecule is COC(=O)/C(=C\N(C)C)n1nccn1. The fourth-order valence-electron chi connectivity index (χ4n) is 0.875. The predicted molar refractivity (Wildman–Crippen MR) is 50.0 cm³/mol. The van der Waals surface area contributed by atoms with Crippen molar-refractivity contribution in [2.75, 3.05) is 21.2 Å². The largest absolute Gasteiger partial charge is 0.464 e. The first-order valence-corrected chi connectivity index (χ1v) is 3.98. The van der Waals surface area contributed by atoms with Crippen molar-refractivity contribution >= 4 is 11.7 Å². The number of carbonyl (C=O) groups excluding carboxylic acids is 1. The summed E-state index contributed by atoms with van der Waals surface area (Å²) >= 11 is 0. The Kier molecular flexibility index (Phi) is 3.22. The maximum Gasteiger partial charge on any atom is 0.360 e. The molecule has 76 valence electrons. The van der Waals surface area contributed by atoms with Crippen molar-refractivity contribution in [2.24, 2.45) is 0 Å². The van der Waals surface area contributed by atoms with E-state index in [0.717, 1.165) is 0 Å². The normalized spacial score (nSPS) is 11.2. The molecule has 0 fully saturated rings. The predicted octanol–water partition coefficient (Wildman–Crippen LogP) is -0.189. The van der Waals surface area contributed by atoms with Crippen LogP contribution in [0.15, 0.2) is 18.6 Å². The molecule has 0 unspecified atom stereocenters. The standard InChI is InChI=1S/C8H12N4O2/c1-11(2)6-7(8(13)14-3)12-9-4-5-10-12/h4-6H,1-3H3/b7-6+. The third kappa shape index (κ3) is 2.32. The molecule has 1 aromatic heterocycles. The van der Waals surface area contributed by atoms with Gasteiger partial charge < -0.3 is 9.64 Å². The summed E-state index contributed by atoms with van der Waals surface area (Å²) in [6.07, 6.45) is 4.57. The molecule has 0 radical (unpaired) electrons. The number of hydrogen-bond donors (Lipinski definition) is 0. The van der Waals surface area contributed by atoms with Gasteiger partial charge in [-0.25, -0.2) is 4.79 Å². The summed E-state index contributed by atoms with van der Waals surface area (Å²) in [6.45, 7) is 0. The highest BCUT2D eigenvalue weighted by atomic mass is 16.5. The number of nitrogens with zero attached hydrogens (tertiary/aromatic N) is 4. The molecule has 1 rings (SSSR count). The maximum atomic E-state index is 11.3. The Morgan fingerprint density at radius 3 is 2.43 bits per heavy atom. The van der Waals surface area contributed by atoms with Gasteiger partial charge in [0.2, 0.25) is 0 Å². The summed E-state index contributed by atoms with van der Waals surface area (Å²) < 4.78 is 4.60. The molecule has 0 saturated heterocycles. The third-order valence-electron chi connectivity index (χ3n) is 1.41. The lowest BCUT2D eigenvalue weighted by Crippen LogP contribution is -2.16. The van der Waals surface area contributed by atoms with E-state index in [1.165, 1.54) is 24.3 Å². The Bertz CT molecular complexity index is 329. The topological polar surface area (TPSA) is 60.2 Å². The smallest absolute Gasteiger partial charge is 0.360 e. The van der Waals surface area contributed by atoms with Gasteiger partial charge in [0.05, 0.1) is 19.5 Å². The van der Waals surface area contributed by atoms with E-state index < -0.39 is 5.97 Å². The number of carbonyl (C=O) groups is 1. The number of aromatic nitrogens is 3. The lowest BCUT2D eigenvalue weighted by molar-refractivity contribution is -0.134. The van der Waals surface area contributed by atoms with E-state index in [9.17, 15) is 4.79 Å². The van der Waals surface area contributed by atoms with E-state index in [0.29, 0.717) is 0 Å². The molecule has 0 N–H and O–H groups in total. The van der Waals surface area contributed by atoms with Crippen LogP contribution in [-0.2, 0) is 9.53 Å². The van der Waals surface area contributed by atoms with Crippen LogP contribution in [0.2, 0.25) is 0 Å². The lowest BCUT2D eigenvalue weighted by Gasteiger charge is -2.08. The number of hydrogen-bond acceptors (Lipinski definition) is 5. The molecule has 0 aliphatic carbocycles. The van der Waals surface area contributed by atoms with Gasteiger partial charge in [-0.1, -0.05) is 0 Å². The summed E-state index contributed by atoms with van der Waals surface area (Å²) in [5, 5.41) is 7.70. The van der Waals surface area contributed by atoms with E-state index in [1.54, 1.807) is 25.2 Å². The molecule has 14 heavy (non-hydrogen) atoms. The van der Waals surface area contributed by atoms with Gasteiger partial charge >= 0.3 is 5.97 Å². The van der Waals surface area contributed by atoms with Crippen LogP contribution in [0.4, 0.5) is 0 Å². The highest BCUT2D eigenvalue weighted by molar-refractivity contribution is 6.09. The Balaban J connectivity index is 3.00. The molecule has 0 spiro atoms. The van der Waals surface area contributed by atoms with Crippen LogP contribution >= 0.6 is 0 Å². The Morgan fingerprint density at radius 2 is 2.00 bits per heavy atom. The van der Waals surface area contributed by atoms with Crippen molar-refractivity contribution < 1.29 is 9.53 Å². The minimum atomic E-state index is -0.477. The summed E-state index contributed by atoms with van der Waals surface area (Å²) in [6, 6.07) is 0. The quantitative estimate of drug-likeness (QED) is 0.495. The van der Waals surface area contributed by atoms with Crippen molar-refractivity contribution in [2.45, 2.75) is 0 Å². The van der Waals surface area contributed by atoms with Gasteiger partial charge in [0.25, 0.3) is 0 Å². The first-order chi connectivity index (χ1) is 6.65. The van der Waals surface area contributed by atoms with Crippen molar-refractivity contribution in [1.82, 2.24) is 19.9 Å². The van der Waals surface area contributed by atoms with Gasteiger partial charge in [-0.2, -0.15) is 10.2 Å². The molecule has 1 heterocycles. The number of ether oxygens (including phenoxy) is 1. The zero-order chi connectivity index (χ0) is 10.6. The van der Waals surface area contributed by atoms with Crippen molar-refractivity contribution in [3.8, 4) is 0 Å². The fourth-order valence-corrected chi connectivity index (χ4v) is 0.875. The molecular weight excluding hydrogens is 184 g/mol. The zero-order valence-electron chi connectivity index (χ0n) is 8.34. The summed E-state index contributed by atoms with van der Waals surface area (Å²) in [4.78, 5) is 14.3. The van der Waals surface area contributed by atoms with Crippen LogP contribution in [0.1, 0.15) is 0 Å². The molecule has 0 atom stereocenters. The Morgan fingerprint density at radius 1 is 1.43 bits per heavy atom. The van der Waals surface area contributed by atoms with Crippen LogP contribution in [0.5, 0.6) is 0 Å². The number of rotatable bonds is 3. The average Bonchev–Trinajstić information content (AvgIpc) is 2.65. The maximum absolute atomic E-state index is 11.3. The van der Waals surface area contributed by atoms with Crippen LogP contribution in [0.3, 0.4) is 0 Å². The highest BCUT2D eigenvalue weighted by Gasteiger charge is 2.13. The van der Waals surface area contributed by atoms with Crippen LogP contribution in [0.25, 0.3) is 5.70 Å². The van der Waals surface area contributed by atoms with Crippen LogP contribution < -0.4 is 0 Å². The monoisotopic (exact) mass is 196 g/mol. The molecule has 0 aliphatic rings. The number of esters is 1. The van der Waals surface area contributed by atoms with Gasteiger partial charge in [0, 0.05) is 20.3 Å². The average molecular weight is 196 g/mol. The lowest BCUT2D eigenvalue weighted by atomic mass is 10.5. The van der Waals surface area contributed by atoms with Gasteiger partial charge in [0.1, 0.15) is 0 Å². The first-order valence-electron chi connectivity index (χ1n) is 3.98. The van der Waals surface area contributed by atoms with E-state index in [2.05, 4.69) is 14.9 Å². The number of methoxy groups -OCH3 is 1. The Hall–Kier alpha value is -1.85. The van der Waals surface area contributed by atoms with E-state index in [1.807, 2.05) is 0 Å². The summed E-state index contributed by atoms with van der Waals surface area (Å²) in [7, 11) is 4.91. The second kappa shape index (κ2) is 4.40. The molecule has 0 bridgehead atoms. The summed E-state index contributed by atoms with van der Waals surface area (Å²) in [5.74, 6) is -0.477. The van der Waals surface area contributed by atoms with E-state index in [4.69, 9.17) is 0 Å². The van der Waals surface area contributed by atoms with Crippen molar-refractivity contribution in [1.29, 1.82) is 0 Å². The van der Waals surface area contributed by atoms with Gasteiger partial charge in [0.15, 0.2) is 5.70 Å². The van der Waals surface area contributed by atoms with Gasteiger partial charge in [-0.15, -0.1) is 4.80 Å². The highest BCUT2D eigenvalue weighted by Crippen LogP contribution is 2.03. The van der Waals surface area contributed by atoms with Crippen LogP contribution in [0, 0.1) is 0 Å². The molecule has 6 nitrogen and oxygen atoms in total. The molecule has 1 aromatic rings. The first kappa shape index (κ1) is 10.2. The van der Waals surface area contributed by atoms with Gasteiger partial charge in [-0.05, 0) is 0 Å². The molecular formula is C8H12N4O2. The minimum Gasteiger partial charge on any atom is -0.464 e. The second-order valence-electron chi connectivity index (χ2n) is 2.79. The molecule has 0 aromatic carbocycles. The van der Waals surface area contributed by atoms with Gasteiger partial charge in [-0.3, -0.25) is 0 Å². The second-order valence-corrected chi connectivity index (χ2v) is 2.79. The molecule has 0 saturated carbocycles. The van der Waals surface area contributed by atoms with Crippen molar-refractivity contribution in [3.05, 3.63) is 18.6 Å². The molecule has 0 amide bonds. The van der Waals surface area contributed by atoms with Crippen LogP contribution in [-0.4, -0.2) is 47.1 Å². The van der Waals surface area contributed by atoms with E-state index in [-0.39, 0.29) is 5.70 Å². The van der Waals surface area contributed by atoms with E-state index >= 15 is 0 Å². The summed E-state index contributed by atoms with van der Waals surface area (Å²) in [5.41, 5.74) is 0.266.